The van der Waals surface area contributed by atoms with Crippen molar-refractivity contribution in [2.45, 2.75) is 78.3 Å². The smallest absolute Gasteiger partial charge is 0.407 e. The highest BCUT2D eigenvalue weighted by molar-refractivity contribution is 5.80. The van der Waals surface area contributed by atoms with Crippen molar-refractivity contribution in [2.75, 3.05) is 20.7 Å². The van der Waals surface area contributed by atoms with Crippen molar-refractivity contribution in [1.82, 2.24) is 30.7 Å². The number of amides is 1. The second kappa shape index (κ2) is 10.6. The third-order valence-corrected chi connectivity index (χ3v) is 4.74. The lowest BCUT2D eigenvalue weighted by atomic mass is 10.0. The van der Waals surface area contributed by atoms with Crippen LogP contribution in [0.15, 0.2) is 4.99 Å². The maximum absolute atomic E-state index is 12.1. The molecule has 0 radical (unpaired) electrons. The van der Waals surface area contributed by atoms with Crippen LogP contribution < -0.4 is 16.0 Å². The molecule has 2 atom stereocenters. The Morgan fingerprint density at radius 2 is 2.10 bits per heavy atom. The molecule has 170 valence electrons. The zero-order valence-electron chi connectivity index (χ0n) is 19.3. The number of carbonyl (C=O) groups excluding carboxylic acids is 1. The number of nitrogens with zero attached hydrogens (tertiary/aromatic N) is 4. The number of nitrogens with one attached hydrogen (secondary N) is 3. The summed E-state index contributed by atoms with van der Waals surface area (Å²) < 4.78 is 12.4. The van der Waals surface area contributed by atoms with Gasteiger partial charge >= 0.3 is 6.09 Å². The van der Waals surface area contributed by atoms with Gasteiger partial charge in [-0.15, -0.1) is 0 Å². The molecule has 0 saturated carbocycles. The number of rotatable bonds is 7. The number of aromatic nitrogens is 3. The second-order valence-electron chi connectivity index (χ2n) is 8.89. The second-order valence-corrected chi connectivity index (χ2v) is 8.89. The maximum atomic E-state index is 12.1. The van der Waals surface area contributed by atoms with Gasteiger partial charge in [-0.25, -0.2) is 14.5 Å². The van der Waals surface area contributed by atoms with Crippen molar-refractivity contribution >= 4 is 12.1 Å². The first-order valence-corrected chi connectivity index (χ1v) is 10.5. The van der Waals surface area contributed by atoms with E-state index < -0.39 is 11.7 Å². The lowest BCUT2D eigenvalue weighted by Gasteiger charge is -2.28. The van der Waals surface area contributed by atoms with E-state index in [-0.39, 0.29) is 18.0 Å². The molecule has 10 heteroatoms. The van der Waals surface area contributed by atoms with Gasteiger partial charge in [0, 0.05) is 33.2 Å². The molecule has 1 aromatic rings. The summed E-state index contributed by atoms with van der Waals surface area (Å²) in [5.74, 6) is 2.63. The van der Waals surface area contributed by atoms with Gasteiger partial charge in [0.05, 0.1) is 12.6 Å². The molecule has 0 saturated heterocycles. The molecule has 0 bridgehead atoms. The van der Waals surface area contributed by atoms with E-state index in [1.165, 1.54) is 0 Å². The number of aliphatic imine (C=N–C) groups is 1. The van der Waals surface area contributed by atoms with Gasteiger partial charge in [-0.1, -0.05) is 13.8 Å². The van der Waals surface area contributed by atoms with Gasteiger partial charge in [-0.05, 0) is 33.1 Å². The van der Waals surface area contributed by atoms with Crippen LogP contribution in [-0.2, 0) is 29.0 Å². The zero-order chi connectivity index (χ0) is 22.3. The highest BCUT2D eigenvalue weighted by Crippen LogP contribution is 2.13. The van der Waals surface area contributed by atoms with E-state index in [1.54, 1.807) is 14.2 Å². The molecule has 1 aliphatic heterocycles. The third-order valence-electron chi connectivity index (χ3n) is 4.74. The van der Waals surface area contributed by atoms with Crippen LogP contribution >= 0.6 is 0 Å². The van der Waals surface area contributed by atoms with Crippen LogP contribution in [0, 0.1) is 5.92 Å². The molecule has 0 spiro atoms. The zero-order valence-corrected chi connectivity index (χ0v) is 19.3. The lowest BCUT2D eigenvalue weighted by molar-refractivity contribution is 0.0491. The number of carbonyl (C=O) groups is 1. The maximum Gasteiger partial charge on any atom is 0.407 e. The largest absolute Gasteiger partial charge is 0.444 e. The predicted octanol–water partition coefficient (Wildman–Crippen LogP) is 1.45. The van der Waals surface area contributed by atoms with Crippen LogP contribution in [-0.4, -0.2) is 65.2 Å². The number of hydrogen-bond acceptors (Lipinski definition) is 6. The Kier molecular flexibility index (Phi) is 8.45. The fourth-order valence-corrected chi connectivity index (χ4v) is 3.18. The molecular weight excluding hydrogens is 386 g/mol. The van der Waals surface area contributed by atoms with Crippen LogP contribution in [0.4, 0.5) is 4.79 Å². The number of fused-ring (bicyclic) bond motifs is 1. The molecule has 0 fully saturated rings. The van der Waals surface area contributed by atoms with Gasteiger partial charge in [0.2, 0.25) is 0 Å². The summed E-state index contributed by atoms with van der Waals surface area (Å²) >= 11 is 0. The first-order chi connectivity index (χ1) is 14.1. The Labute approximate surface area is 179 Å². The molecule has 2 heterocycles. The highest BCUT2D eigenvalue weighted by Gasteiger charge is 2.24. The van der Waals surface area contributed by atoms with Crippen LogP contribution in [0.5, 0.6) is 0 Å². The molecule has 2 rings (SSSR count). The molecule has 2 unspecified atom stereocenters. The van der Waals surface area contributed by atoms with Gasteiger partial charge in [0.1, 0.15) is 18.0 Å². The van der Waals surface area contributed by atoms with E-state index in [4.69, 9.17) is 9.47 Å². The van der Waals surface area contributed by atoms with Crippen LogP contribution in [0.25, 0.3) is 0 Å². The third kappa shape index (κ3) is 7.47. The van der Waals surface area contributed by atoms with Crippen LogP contribution in [0.2, 0.25) is 0 Å². The number of methoxy groups -OCH3 is 1. The SMILES string of the molecule is CN=C(NCC(NC(=O)OC(C)(C)C)C(C)C)NC1CCc2nc(COC)nn2C1. The molecule has 1 aromatic heterocycles. The van der Waals surface area contributed by atoms with Crippen molar-refractivity contribution in [2.24, 2.45) is 10.9 Å². The summed E-state index contributed by atoms with van der Waals surface area (Å²) in [7, 11) is 3.38. The van der Waals surface area contributed by atoms with Gasteiger partial charge in [-0.2, -0.15) is 5.10 Å². The number of aryl methyl sites for hydroxylation is 1. The lowest BCUT2D eigenvalue weighted by Crippen LogP contribution is -2.52. The monoisotopic (exact) mass is 423 g/mol. The summed E-state index contributed by atoms with van der Waals surface area (Å²) in [6.45, 7) is 11.3. The van der Waals surface area contributed by atoms with Gasteiger partial charge in [0.25, 0.3) is 0 Å². The quantitative estimate of drug-likeness (QED) is 0.449. The summed E-state index contributed by atoms with van der Waals surface area (Å²) in [6, 6.07) is 0.0976. The van der Waals surface area contributed by atoms with E-state index in [9.17, 15) is 4.79 Å². The Morgan fingerprint density at radius 1 is 1.37 bits per heavy atom. The van der Waals surface area contributed by atoms with Crippen molar-refractivity contribution in [3.8, 4) is 0 Å². The molecule has 10 nitrogen and oxygen atoms in total. The minimum Gasteiger partial charge on any atom is -0.444 e. The molecule has 0 aliphatic carbocycles. The van der Waals surface area contributed by atoms with Crippen LogP contribution in [0.1, 0.15) is 52.7 Å². The van der Waals surface area contributed by atoms with Gasteiger partial charge in [0.15, 0.2) is 11.8 Å². The van der Waals surface area contributed by atoms with Gasteiger partial charge in [-0.3, -0.25) is 4.99 Å². The molecule has 1 aliphatic rings. The summed E-state index contributed by atoms with van der Waals surface area (Å²) in [5, 5.41) is 14.2. The average molecular weight is 424 g/mol. The van der Waals surface area contributed by atoms with Gasteiger partial charge < -0.3 is 25.4 Å². The topological polar surface area (TPSA) is 115 Å². The molecule has 0 aromatic carbocycles. The normalized spacial score (nSPS) is 18.0. The Balaban J connectivity index is 1.87. The van der Waals surface area contributed by atoms with Crippen molar-refractivity contribution in [1.29, 1.82) is 0 Å². The van der Waals surface area contributed by atoms with Crippen LogP contribution in [0.3, 0.4) is 0 Å². The summed E-state index contributed by atoms with van der Waals surface area (Å²) in [6.07, 6.45) is 1.37. The van der Waals surface area contributed by atoms with Crippen molar-refractivity contribution in [3.05, 3.63) is 11.6 Å². The average Bonchev–Trinajstić information content (AvgIpc) is 3.04. The van der Waals surface area contributed by atoms with E-state index >= 15 is 0 Å². The first-order valence-electron chi connectivity index (χ1n) is 10.5. The van der Waals surface area contributed by atoms with Crippen molar-refractivity contribution < 1.29 is 14.3 Å². The Morgan fingerprint density at radius 3 is 2.70 bits per heavy atom. The summed E-state index contributed by atoms with van der Waals surface area (Å²) in [4.78, 5) is 21.0. The number of guanidine groups is 1. The van der Waals surface area contributed by atoms with Crippen molar-refractivity contribution in [3.63, 3.8) is 0 Å². The predicted molar refractivity (Wildman–Crippen MR) is 115 cm³/mol. The highest BCUT2D eigenvalue weighted by atomic mass is 16.6. The molecule has 1 amide bonds. The number of hydrogen-bond donors (Lipinski definition) is 3. The minimum atomic E-state index is -0.527. The van der Waals surface area contributed by atoms with E-state index in [2.05, 4.69) is 44.9 Å². The molecule has 3 N–H and O–H groups in total. The van der Waals surface area contributed by atoms with E-state index in [0.29, 0.717) is 24.9 Å². The van der Waals surface area contributed by atoms with E-state index in [0.717, 1.165) is 25.2 Å². The number of alkyl carbamates (subject to hydrolysis) is 1. The Bertz CT molecular complexity index is 724. The standard InChI is InChI=1S/C20H37N7O3/c1-13(2)15(24-19(28)30-20(3,4)5)10-22-18(21-6)23-14-8-9-17-25-16(12-29-7)26-27(17)11-14/h13-15H,8-12H2,1-7H3,(H,24,28)(H2,21,22,23). The molecular formula is C20H37N7O3. The first kappa shape index (κ1) is 23.9. The fraction of sp³-hybridized carbons (Fsp3) is 0.800. The molecule has 30 heavy (non-hydrogen) atoms. The Hall–Kier alpha value is -2.36. The van der Waals surface area contributed by atoms with E-state index in [1.807, 2.05) is 25.5 Å². The summed E-state index contributed by atoms with van der Waals surface area (Å²) in [5.41, 5.74) is -0.527. The minimum absolute atomic E-state index is 0.0942. The number of ether oxygens (including phenoxy) is 2. The fourth-order valence-electron chi connectivity index (χ4n) is 3.18.